The zero-order valence-corrected chi connectivity index (χ0v) is 22.4. The number of hydrogen-bond donors (Lipinski definition) is 0. The first-order valence-electron chi connectivity index (χ1n) is 13.7. The molecule has 2 aromatic heterocycles. The summed E-state index contributed by atoms with van der Waals surface area (Å²) < 4.78 is 8.27. The molecule has 0 fully saturated rings. The van der Waals surface area contributed by atoms with E-state index in [1.807, 2.05) is 78.9 Å². The van der Waals surface area contributed by atoms with Crippen molar-refractivity contribution in [3.8, 4) is 40.1 Å². The molecule has 4 nitrogen and oxygen atoms in total. The second-order valence-electron chi connectivity index (χ2n) is 10.4. The monoisotopic (exact) mass is 535 g/mol. The van der Waals surface area contributed by atoms with Gasteiger partial charge in [-0.1, -0.05) is 78.9 Å². The fourth-order valence-corrected chi connectivity index (χ4v) is 6.24. The minimum Gasteiger partial charge on any atom is -0.456 e. The maximum absolute atomic E-state index is 10.4. The van der Waals surface area contributed by atoms with Gasteiger partial charge in [0, 0.05) is 27.1 Å². The number of rotatable bonds is 3. The van der Waals surface area contributed by atoms with Crippen LogP contribution < -0.4 is 0 Å². The highest BCUT2D eigenvalue weighted by molar-refractivity contribution is 6.11. The van der Waals surface area contributed by atoms with Crippen LogP contribution in [0.5, 0.6) is 0 Å². The minimum atomic E-state index is 0.575. The summed E-state index contributed by atoms with van der Waals surface area (Å²) in [6.45, 7) is 0. The molecule has 0 N–H and O–H groups in total. The predicted octanol–water partition coefficient (Wildman–Crippen LogP) is 9.76. The van der Waals surface area contributed by atoms with E-state index in [1.54, 1.807) is 0 Å². The number of fused-ring (bicyclic) bond motifs is 6. The van der Waals surface area contributed by atoms with E-state index in [2.05, 4.69) is 65.2 Å². The van der Waals surface area contributed by atoms with Gasteiger partial charge in [0.2, 0.25) is 0 Å². The average Bonchev–Trinajstić information content (AvgIpc) is 3.59. The fraction of sp³-hybridized carbons (Fsp3) is 0. The summed E-state index contributed by atoms with van der Waals surface area (Å²) in [7, 11) is 0. The van der Waals surface area contributed by atoms with Crippen LogP contribution in [0.2, 0.25) is 0 Å². The van der Waals surface area contributed by atoms with Crippen molar-refractivity contribution in [2.45, 2.75) is 0 Å². The van der Waals surface area contributed by atoms with E-state index in [0.29, 0.717) is 11.1 Å². The van der Waals surface area contributed by atoms with Gasteiger partial charge in [-0.25, -0.2) is 0 Å². The lowest BCUT2D eigenvalue weighted by molar-refractivity contribution is 0.669. The smallest absolute Gasteiger partial charge is 0.135 e. The van der Waals surface area contributed by atoms with Crippen LogP contribution in [0.3, 0.4) is 0 Å². The zero-order valence-electron chi connectivity index (χ0n) is 22.4. The molecular weight excluding hydrogens is 514 g/mol. The van der Waals surface area contributed by atoms with Crippen molar-refractivity contribution in [2.75, 3.05) is 0 Å². The lowest BCUT2D eigenvalue weighted by Crippen LogP contribution is -2.01. The minimum absolute atomic E-state index is 0.575. The zero-order chi connectivity index (χ0) is 28.2. The third kappa shape index (κ3) is 3.47. The Labute approximate surface area is 241 Å². The molecule has 8 aromatic rings. The van der Waals surface area contributed by atoms with Crippen molar-refractivity contribution < 1.29 is 4.42 Å². The molecule has 0 aliphatic heterocycles. The Morgan fingerprint density at radius 2 is 1.21 bits per heavy atom. The molecule has 0 saturated carbocycles. The van der Waals surface area contributed by atoms with Crippen LogP contribution in [-0.4, -0.2) is 4.57 Å². The molecule has 0 amide bonds. The summed E-state index contributed by atoms with van der Waals surface area (Å²) >= 11 is 0. The quantitative estimate of drug-likeness (QED) is 0.226. The first-order valence-corrected chi connectivity index (χ1v) is 13.7. The van der Waals surface area contributed by atoms with Crippen LogP contribution in [0.15, 0.2) is 132 Å². The highest BCUT2D eigenvalue weighted by atomic mass is 16.3. The van der Waals surface area contributed by atoms with Gasteiger partial charge in [-0.15, -0.1) is 0 Å². The van der Waals surface area contributed by atoms with Crippen LogP contribution in [-0.2, 0) is 0 Å². The number of furan rings is 1. The molecule has 0 spiro atoms. The van der Waals surface area contributed by atoms with Crippen molar-refractivity contribution in [3.63, 3.8) is 0 Å². The van der Waals surface area contributed by atoms with E-state index in [-0.39, 0.29) is 0 Å². The summed E-state index contributed by atoms with van der Waals surface area (Å²) in [5.74, 6) is 0. The molecule has 4 heteroatoms. The Morgan fingerprint density at radius 1 is 0.500 bits per heavy atom. The number of hydrogen-bond acceptors (Lipinski definition) is 3. The molecule has 0 aliphatic carbocycles. The molecule has 8 rings (SSSR count). The van der Waals surface area contributed by atoms with Gasteiger partial charge in [-0.05, 0) is 65.2 Å². The van der Waals surface area contributed by atoms with E-state index in [0.717, 1.165) is 71.7 Å². The van der Waals surface area contributed by atoms with Crippen LogP contribution in [0.25, 0.3) is 71.7 Å². The molecular formula is C38H21N3O. The van der Waals surface area contributed by atoms with Crippen molar-refractivity contribution >= 4 is 43.7 Å². The first-order chi connectivity index (χ1) is 20.7. The van der Waals surface area contributed by atoms with Gasteiger partial charge in [-0.2, -0.15) is 10.5 Å². The van der Waals surface area contributed by atoms with Gasteiger partial charge in [0.05, 0.1) is 33.9 Å². The topological polar surface area (TPSA) is 65.7 Å². The number of aromatic nitrogens is 1. The van der Waals surface area contributed by atoms with Gasteiger partial charge in [-0.3, -0.25) is 0 Å². The summed E-state index contributed by atoms with van der Waals surface area (Å²) in [5.41, 5.74) is 9.76. The largest absolute Gasteiger partial charge is 0.456 e. The van der Waals surface area contributed by atoms with E-state index in [9.17, 15) is 10.5 Å². The van der Waals surface area contributed by atoms with Crippen molar-refractivity contribution in [1.29, 1.82) is 10.5 Å². The second kappa shape index (κ2) is 9.24. The third-order valence-electron chi connectivity index (χ3n) is 8.09. The highest BCUT2D eigenvalue weighted by Crippen LogP contribution is 2.42. The normalized spacial score (nSPS) is 11.3. The highest BCUT2D eigenvalue weighted by Gasteiger charge is 2.21. The Bertz CT molecular complexity index is 2450. The standard InChI is InChI=1S/C38H21N3O/c39-22-24-16-18-35-32(20-24)29-11-3-5-14-34(29)41(35)38-26(23-40)8-7-13-31(38)28-10-2-1-9-27(28)25-17-19-37-33(21-25)30-12-4-6-15-36(30)42-37/h1-21H. The lowest BCUT2D eigenvalue weighted by atomic mass is 9.91. The molecule has 0 atom stereocenters. The van der Waals surface area contributed by atoms with Gasteiger partial charge >= 0.3 is 0 Å². The lowest BCUT2D eigenvalue weighted by Gasteiger charge is -2.18. The predicted molar refractivity (Wildman–Crippen MR) is 168 cm³/mol. The Morgan fingerprint density at radius 3 is 2.07 bits per heavy atom. The Hall–Kier alpha value is -6.10. The van der Waals surface area contributed by atoms with Crippen molar-refractivity contribution in [3.05, 3.63) is 139 Å². The van der Waals surface area contributed by atoms with E-state index in [1.165, 1.54) is 0 Å². The van der Waals surface area contributed by atoms with E-state index in [4.69, 9.17) is 4.42 Å². The molecule has 0 radical (unpaired) electrons. The summed E-state index contributed by atoms with van der Waals surface area (Å²) in [4.78, 5) is 0. The Kier molecular flexibility index (Phi) is 5.22. The SMILES string of the molecule is N#Cc1ccc2c(c1)c1ccccc1n2-c1c(C#N)cccc1-c1ccccc1-c1ccc2oc3ccccc3c2c1. The molecule has 194 valence electrons. The Balaban J connectivity index is 1.43. The molecule has 0 aliphatic rings. The van der Waals surface area contributed by atoms with Crippen LogP contribution in [0.4, 0.5) is 0 Å². The average molecular weight is 536 g/mol. The van der Waals surface area contributed by atoms with E-state index >= 15 is 0 Å². The van der Waals surface area contributed by atoms with Gasteiger partial charge < -0.3 is 8.98 Å². The van der Waals surface area contributed by atoms with Gasteiger partial charge in [0.25, 0.3) is 0 Å². The molecule has 6 aromatic carbocycles. The summed E-state index contributed by atoms with van der Waals surface area (Å²) in [6.07, 6.45) is 0. The third-order valence-corrected chi connectivity index (χ3v) is 8.09. The fourth-order valence-electron chi connectivity index (χ4n) is 6.24. The van der Waals surface area contributed by atoms with Crippen LogP contribution in [0, 0.1) is 22.7 Å². The van der Waals surface area contributed by atoms with Gasteiger partial charge in [0.1, 0.15) is 17.2 Å². The van der Waals surface area contributed by atoms with E-state index < -0.39 is 0 Å². The van der Waals surface area contributed by atoms with Crippen molar-refractivity contribution in [2.24, 2.45) is 0 Å². The number of nitriles is 2. The first kappa shape index (κ1) is 23.8. The van der Waals surface area contributed by atoms with Crippen LogP contribution >= 0.6 is 0 Å². The molecule has 0 unspecified atom stereocenters. The molecule has 0 bridgehead atoms. The number of para-hydroxylation sites is 3. The maximum atomic E-state index is 10.4. The molecule has 42 heavy (non-hydrogen) atoms. The van der Waals surface area contributed by atoms with Crippen LogP contribution in [0.1, 0.15) is 11.1 Å². The number of benzene rings is 6. The summed E-state index contributed by atoms with van der Waals surface area (Å²) in [5, 5.41) is 24.2. The summed E-state index contributed by atoms with van der Waals surface area (Å²) in [6, 6.07) is 47.3. The number of nitrogens with zero attached hydrogens (tertiary/aromatic N) is 3. The second-order valence-corrected chi connectivity index (χ2v) is 10.4. The van der Waals surface area contributed by atoms with Crippen molar-refractivity contribution in [1.82, 2.24) is 4.57 Å². The molecule has 0 saturated heterocycles. The maximum Gasteiger partial charge on any atom is 0.135 e. The van der Waals surface area contributed by atoms with Gasteiger partial charge in [0.15, 0.2) is 0 Å². The molecule has 2 heterocycles.